The Balaban J connectivity index is 1.01. The van der Waals surface area contributed by atoms with Gasteiger partial charge in [-0.3, -0.25) is 19.2 Å². The van der Waals surface area contributed by atoms with Crippen molar-refractivity contribution in [1.29, 1.82) is 0 Å². The van der Waals surface area contributed by atoms with Gasteiger partial charge in [-0.2, -0.15) is 0 Å². The molecule has 5 aliphatic rings. The van der Waals surface area contributed by atoms with Crippen LogP contribution in [-0.4, -0.2) is 145 Å². The number of benzene rings is 3. The van der Waals surface area contributed by atoms with Gasteiger partial charge in [-0.15, -0.1) is 0 Å². The molecular formula is C55H74F2N8O10Si. The number of ether oxygens (including phenoxy) is 4. The highest BCUT2D eigenvalue weighted by atomic mass is 28.3. The summed E-state index contributed by atoms with van der Waals surface area (Å²) in [6.45, 7) is 5.25. The standard InChI is InChI=1S/C55H74F2N8O10Si/c1-34(72-3)47(60-54(70)74-5)52(68)63-24-10-12-45(63)50(66)58-38-18-14-36(15-19-38)43-22-23-44(65(43)40-32-41(56)49(42(57)33-40)62-26-30-76(31-27-62)28-8-7-9-29-76)37-16-20-39(21-17-37)59-51(67)46-13-11-25-64(46)53(69)48(35(2)73-4)61-55(71)75-6/h14-21,32-35,43-48H,7-13,22-31H2,1-6H3,(H,58,66)(H,59,67)(H,60,70)(H,61,71)/t34-,35-,43-,44-,45+,46+,47+,48+/m1/s1. The minimum atomic E-state index is -1.41. The minimum Gasteiger partial charge on any atom is -0.453 e. The SMILES string of the molecule is COC(=O)N[C@H](C(=O)N1CCC[C@H]1C(=O)Nc1ccc([C@H]2CC[C@H](c3ccc(NC(=O)[C@@H]4CCCN4C(=O)[C@@H](NC(=O)OC)[C@@H](C)OC)cc3)N2c2cc(F)c(N3CC[Si]4(CCCCC4)CC3)c(F)c2)cc1)[C@@H](C)OC. The van der Waals surface area contributed by atoms with Crippen LogP contribution in [0.1, 0.15) is 94.8 Å². The van der Waals surface area contributed by atoms with Gasteiger partial charge in [0, 0.05) is 57.5 Å². The maximum Gasteiger partial charge on any atom is 0.407 e. The van der Waals surface area contributed by atoms with Crippen molar-refractivity contribution in [1.82, 2.24) is 20.4 Å². The third-order valence-electron chi connectivity index (χ3n) is 16.7. The average molecular weight is 1070 g/mol. The summed E-state index contributed by atoms with van der Waals surface area (Å²) in [6.07, 6.45) is 4.09. The number of carbonyl (C=O) groups excluding carboxylic acids is 6. The Morgan fingerprint density at radius 1 is 0.566 bits per heavy atom. The molecule has 21 heteroatoms. The van der Waals surface area contributed by atoms with Gasteiger partial charge >= 0.3 is 12.2 Å². The number of methoxy groups -OCH3 is 4. The molecule has 0 unspecified atom stereocenters. The Labute approximate surface area is 444 Å². The maximum atomic E-state index is 16.7. The zero-order chi connectivity index (χ0) is 54.3. The summed E-state index contributed by atoms with van der Waals surface area (Å²) in [5.41, 5.74) is 3.11. The van der Waals surface area contributed by atoms with Gasteiger partial charge in [0.05, 0.1) is 46.6 Å². The number of alkyl carbamates (subject to hydrolysis) is 2. The Morgan fingerprint density at radius 2 is 0.987 bits per heavy atom. The smallest absolute Gasteiger partial charge is 0.407 e. The van der Waals surface area contributed by atoms with Crippen LogP contribution in [0.3, 0.4) is 0 Å². The van der Waals surface area contributed by atoms with E-state index in [1.807, 2.05) is 29.2 Å². The Hall–Kier alpha value is -6.32. The molecular weight excluding hydrogens is 999 g/mol. The summed E-state index contributed by atoms with van der Waals surface area (Å²) in [5, 5.41) is 11.0. The van der Waals surface area contributed by atoms with E-state index in [1.165, 1.54) is 81.7 Å². The van der Waals surface area contributed by atoms with Gasteiger partial charge in [0.1, 0.15) is 29.9 Å². The number of amides is 6. The van der Waals surface area contributed by atoms with E-state index in [0.29, 0.717) is 81.8 Å². The molecule has 1 spiro atoms. The normalized spacial score (nSPS) is 22.8. The Morgan fingerprint density at radius 3 is 1.38 bits per heavy atom. The first-order valence-corrected chi connectivity index (χ1v) is 29.6. The van der Waals surface area contributed by atoms with Crippen molar-refractivity contribution in [2.45, 2.75) is 144 Å². The monoisotopic (exact) mass is 1070 g/mol. The number of hydrogen-bond acceptors (Lipinski definition) is 12. The minimum absolute atomic E-state index is 0.0212. The van der Waals surface area contributed by atoms with Gasteiger partial charge in [0.15, 0.2) is 11.6 Å². The molecule has 0 bridgehead atoms. The van der Waals surface area contributed by atoms with Crippen molar-refractivity contribution in [2.24, 2.45) is 0 Å². The lowest BCUT2D eigenvalue weighted by Crippen LogP contribution is -2.56. The van der Waals surface area contributed by atoms with E-state index in [4.69, 9.17) is 18.9 Å². The molecule has 0 aliphatic carbocycles. The molecule has 8 atom stereocenters. The molecule has 0 saturated carbocycles. The first-order valence-electron chi connectivity index (χ1n) is 26.8. The molecule has 6 amide bonds. The predicted molar refractivity (Wildman–Crippen MR) is 286 cm³/mol. The van der Waals surface area contributed by atoms with E-state index in [9.17, 15) is 28.8 Å². The lowest BCUT2D eigenvalue weighted by Gasteiger charge is -2.43. The number of rotatable bonds is 16. The lowest BCUT2D eigenvalue weighted by molar-refractivity contribution is -0.141. The van der Waals surface area contributed by atoms with Gasteiger partial charge in [-0.05, 0) is 112 Å². The first kappa shape index (κ1) is 55.9. The zero-order valence-electron chi connectivity index (χ0n) is 44.5. The van der Waals surface area contributed by atoms with Gasteiger partial charge in [-0.25, -0.2) is 18.4 Å². The fraction of sp³-hybridized carbons (Fsp3) is 0.564. The molecule has 3 aromatic carbocycles. The van der Waals surface area contributed by atoms with Crippen LogP contribution in [0, 0.1) is 11.6 Å². The van der Waals surface area contributed by atoms with Crippen molar-refractivity contribution in [2.75, 3.05) is 75.1 Å². The lowest BCUT2D eigenvalue weighted by atomic mass is 10.0. The van der Waals surface area contributed by atoms with Crippen molar-refractivity contribution in [3.8, 4) is 0 Å². The highest BCUT2D eigenvalue weighted by Crippen LogP contribution is 2.49. The number of hydrogen-bond donors (Lipinski definition) is 4. The van der Waals surface area contributed by atoms with E-state index < -0.39 is 80.1 Å². The summed E-state index contributed by atoms with van der Waals surface area (Å²) in [7, 11) is 3.85. The molecule has 5 aliphatic heterocycles. The highest BCUT2D eigenvalue weighted by molar-refractivity contribution is 6.80. The number of likely N-dealkylation sites (tertiary alicyclic amines) is 2. The molecule has 412 valence electrons. The van der Waals surface area contributed by atoms with Crippen molar-refractivity contribution in [3.63, 3.8) is 0 Å². The molecule has 5 fully saturated rings. The summed E-state index contributed by atoms with van der Waals surface area (Å²) >= 11 is 0. The van der Waals surface area contributed by atoms with E-state index >= 15 is 8.78 Å². The molecule has 0 radical (unpaired) electrons. The van der Waals surface area contributed by atoms with Crippen LogP contribution in [-0.2, 0) is 38.1 Å². The van der Waals surface area contributed by atoms with Crippen molar-refractivity contribution >= 4 is 66.6 Å². The molecule has 8 rings (SSSR count). The average Bonchev–Trinajstić information content (AvgIpc) is 4.24. The number of anilines is 4. The van der Waals surface area contributed by atoms with Crippen LogP contribution >= 0.6 is 0 Å². The second-order valence-electron chi connectivity index (χ2n) is 21.0. The zero-order valence-corrected chi connectivity index (χ0v) is 45.5. The molecule has 5 saturated heterocycles. The maximum absolute atomic E-state index is 16.7. The van der Waals surface area contributed by atoms with Gasteiger partial charge < -0.3 is 59.8 Å². The van der Waals surface area contributed by atoms with E-state index in [0.717, 1.165) is 23.2 Å². The molecule has 18 nitrogen and oxygen atoms in total. The second kappa shape index (κ2) is 24.8. The Kier molecular flexibility index (Phi) is 18.2. The molecule has 5 heterocycles. The van der Waals surface area contributed by atoms with Crippen LogP contribution < -0.4 is 31.1 Å². The summed E-state index contributed by atoms with van der Waals surface area (Å²) in [4.78, 5) is 86.3. The second-order valence-corrected chi connectivity index (χ2v) is 26.0. The first-order chi connectivity index (χ1) is 36.6. The van der Waals surface area contributed by atoms with Gasteiger partial charge in [0.2, 0.25) is 23.6 Å². The molecule has 0 aromatic heterocycles. The fourth-order valence-electron chi connectivity index (χ4n) is 12.2. The topological polar surface area (TPSA) is 200 Å². The van der Waals surface area contributed by atoms with Crippen LogP contribution in [0.2, 0.25) is 24.2 Å². The van der Waals surface area contributed by atoms with Gasteiger partial charge in [-0.1, -0.05) is 55.6 Å². The molecule has 76 heavy (non-hydrogen) atoms. The van der Waals surface area contributed by atoms with E-state index in [1.54, 1.807) is 38.1 Å². The summed E-state index contributed by atoms with van der Waals surface area (Å²) in [5.74, 6) is -2.90. The highest BCUT2D eigenvalue weighted by Gasteiger charge is 2.43. The van der Waals surface area contributed by atoms with Crippen LogP contribution in [0.15, 0.2) is 60.7 Å². The van der Waals surface area contributed by atoms with Crippen molar-refractivity contribution in [3.05, 3.63) is 83.4 Å². The van der Waals surface area contributed by atoms with E-state index in [-0.39, 0.29) is 29.6 Å². The molecule has 3 aromatic rings. The van der Waals surface area contributed by atoms with Crippen LogP contribution in [0.4, 0.5) is 41.1 Å². The van der Waals surface area contributed by atoms with Crippen molar-refractivity contribution < 1.29 is 56.5 Å². The van der Waals surface area contributed by atoms with Crippen LogP contribution in [0.25, 0.3) is 0 Å². The Bertz CT molecular complexity index is 2410. The fourth-order valence-corrected chi connectivity index (χ4v) is 17.2. The number of nitrogens with one attached hydrogen (secondary N) is 4. The summed E-state index contributed by atoms with van der Waals surface area (Å²) < 4.78 is 53.6. The number of carbonyl (C=O) groups is 6. The van der Waals surface area contributed by atoms with Gasteiger partial charge in [0.25, 0.3) is 0 Å². The summed E-state index contributed by atoms with van der Waals surface area (Å²) in [6, 6.07) is 17.9. The molecule has 4 N–H and O–H groups in total. The number of nitrogens with zero attached hydrogens (tertiary/aromatic N) is 4. The largest absolute Gasteiger partial charge is 0.453 e. The van der Waals surface area contributed by atoms with Crippen LogP contribution in [0.5, 0.6) is 0 Å². The quantitative estimate of drug-likeness (QED) is 0.101. The van der Waals surface area contributed by atoms with E-state index in [2.05, 4.69) is 26.2 Å². The predicted octanol–water partition coefficient (Wildman–Crippen LogP) is 7.88. The third kappa shape index (κ3) is 12.3. The number of halogens is 2. The third-order valence-corrected chi connectivity index (χ3v) is 22.1.